The van der Waals surface area contributed by atoms with Crippen molar-refractivity contribution in [3.63, 3.8) is 0 Å². The van der Waals surface area contributed by atoms with Gasteiger partial charge in [-0.3, -0.25) is 9.36 Å². The molecule has 0 saturated carbocycles. The SMILES string of the molecule is COc1cc(-c2nc3c(Br)cccc3c(=O)n2C)ccc1O. The lowest BCUT2D eigenvalue weighted by Gasteiger charge is -2.11. The molecule has 1 aromatic heterocycles. The van der Waals surface area contributed by atoms with Crippen LogP contribution in [0.3, 0.4) is 0 Å². The predicted octanol–water partition coefficient (Wildman–Crippen LogP) is 3.08. The number of aromatic hydroxyl groups is 1. The zero-order chi connectivity index (χ0) is 15.9. The molecule has 0 unspecified atom stereocenters. The van der Waals surface area contributed by atoms with Crippen molar-refractivity contribution in [3.8, 4) is 22.9 Å². The van der Waals surface area contributed by atoms with E-state index in [0.29, 0.717) is 28.0 Å². The topological polar surface area (TPSA) is 64.3 Å². The molecule has 0 bridgehead atoms. The molecule has 1 N–H and O–H groups in total. The number of phenolic OH excluding ortho intramolecular Hbond substituents is 1. The molecule has 6 heteroatoms. The Morgan fingerprint density at radius 1 is 1.27 bits per heavy atom. The number of hydrogen-bond donors (Lipinski definition) is 1. The fourth-order valence-electron chi connectivity index (χ4n) is 2.33. The van der Waals surface area contributed by atoms with Crippen LogP contribution in [0.25, 0.3) is 22.3 Å². The van der Waals surface area contributed by atoms with Gasteiger partial charge in [0.05, 0.1) is 18.0 Å². The number of aromatic nitrogens is 2. The molecular weight excluding hydrogens is 348 g/mol. The average molecular weight is 361 g/mol. The summed E-state index contributed by atoms with van der Waals surface area (Å²) in [4.78, 5) is 17.1. The van der Waals surface area contributed by atoms with Gasteiger partial charge in [-0.15, -0.1) is 0 Å². The van der Waals surface area contributed by atoms with E-state index in [9.17, 15) is 9.90 Å². The fraction of sp³-hybridized carbons (Fsp3) is 0.125. The van der Waals surface area contributed by atoms with E-state index in [1.165, 1.54) is 17.7 Å². The van der Waals surface area contributed by atoms with Crippen LogP contribution >= 0.6 is 15.9 Å². The van der Waals surface area contributed by atoms with E-state index in [-0.39, 0.29) is 11.3 Å². The third-order valence-electron chi connectivity index (χ3n) is 3.50. The molecule has 5 nitrogen and oxygen atoms in total. The Morgan fingerprint density at radius 2 is 2.05 bits per heavy atom. The summed E-state index contributed by atoms with van der Waals surface area (Å²) >= 11 is 3.43. The molecule has 0 saturated heterocycles. The molecule has 0 aliphatic rings. The third kappa shape index (κ3) is 2.25. The number of para-hydroxylation sites is 1. The molecule has 0 atom stereocenters. The Morgan fingerprint density at radius 3 is 2.77 bits per heavy atom. The molecule has 0 fully saturated rings. The Kier molecular flexibility index (Phi) is 3.62. The molecule has 0 aliphatic carbocycles. The van der Waals surface area contributed by atoms with Gasteiger partial charge in [0.1, 0.15) is 5.82 Å². The average Bonchev–Trinajstić information content (AvgIpc) is 2.52. The number of rotatable bonds is 2. The van der Waals surface area contributed by atoms with Gasteiger partial charge in [-0.2, -0.15) is 0 Å². The Bertz CT molecular complexity index is 935. The van der Waals surface area contributed by atoms with Crippen LogP contribution < -0.4 is 10.3 Å². The summed E-state index contributed by atoms with van der Waals surface area (Å²) in [5, 5.41) is 10.2. The van der Waals surface area contributed by atoms with Gasteiger partial charge in [0, 0.05) is 17.1 Å². The van der Waals surface area contributed by atoms with Crippen LogP contribution in [0.5, 0.6) is 11.5 Å². The monoisotopic (exact) mass is 360 g/mol. The maximum absolute atomic E-state index is 12.5. The number of methoxy groups -OCH3 is 1. The molecular formula is C16H13BrN2O3. The minimum atomic E-state index is -0.131. The number of nitrogens with zero attached hydrogens (tertiary/aromatic N) is 2. The molecule has 1 heterocycles. The predicted molar refractivity (Wildman–Crippen MR) is 88.3 cm³/mol. The van der Waals surface area contributed by atoms with Crippen molar-refractivity contribution in [1.82, 2.24) is 9.55 Å². The Balaban J connectivity index is 2.34. The quantitative estimate of drug-likeness (QED) is 0.762. The highest BCUT2D eigenvalue weighted by Gasteiger charge is 2.13. The summed E-state index contributed by atoms with van der Waals surface area (Å²) < 4.78 is 7.36. The summed E-state index contributed by atoms with van der Waals surface area (Å²) in [5.74, 6) is 0.875. The van der Waals surface area contributed by atoms with Gasteiger partial charge in [0.25, 0.3) is 5.56 Å². The van der Waals surface area contributed by atoms with Crippen molar-refractivity contribution in [2.24, 2.45) is 7.05 Å². The molecule has 3 aromatic rings. The highest BCUT2D eigenvalue weighted by Crippen LogP contribution is 2.31. The van der Waals surface area contributed by atoms with Crippen LogP contribution in [0.4, 0.5) is 0 Å². The lowest BCUT2D eigenvalue weighted by atomic mass is 10.1. The highest BCUT2D eigenvalue weighted by molar-refractivity contribution is 9.10. The number of phenols is 1. The van der Waals surface area contributed by atoms with Crippen LogP contribution in [0.1, 0.15) is 0 Å². The van der Waals surface area contributed by atoms with Gasteiger partial charge in [-0.05, 0) is 46.3 Å². The molecule has 0 aliphatic heterocycles. The van der Waals surface area contributed by atoms with Crippen molar-refractivity contribution in [3.05, 3.63) is 51.2 Å². The van der Waals surface area contributed by atoms with Gasteiger partial charge in [0.2, 0.25) is 0 Å². The third-order valence-corrected chi connectivity index (χ3v) is 4.14. The largest absolute Gasteiger partial charge is 0.504 e. The van der Waals surface area contributed by atoms with Crippen molar-refractivity contribution in [1.29, 1.82) is 0 Å². The summed E-state index contributed by atoms with van der Waals surface area (Å²) in [5.41, 5.74) is 1.16. The second-order valence-electron chi connectivity index (χ2n) is 4.82. The first-order chi connectivity index (χ1) is 10.5. The van der Waals surface area contributed by atoms with Gasteiger partial charge in [-0.1, -0.05) is 6.07 Å². The first-order valence-electron chi connectivity index (χ1n) is 6.55. The lowest BCUT2D eigenvalue weighted by Crippen LogP contribution is -2.20. The van der Waals surface area contributed by atoms with Crippen molar-refractivity contribution in [2.45, 2.75) is 0 Å². The first kappa shape index (κ1) is 14.6. The van der Waals surface area contributed by atoms with Gasteiger partial charge in [-0.25, -0.2) is 4.98 Å². The maximum Gasteiger partial charge on any atom is 0.261 e. The van der Waals surface area contributed by atoms with E-state index in [0.717, 1.165) is 4.47 Å². The second-order valence-corrected chi connectivity index (χ2v) is 5.68. The maximum atomic E-state index is 12.5. The van der Waals surface area contributed by atoms with E-state index < -0.39 is 0 Å². The van der Waals surface area contributed by atoms with Crippen molar-refractivity contribution in [2.75, 3.05) is 7.11 Å². The fourth-order valence-corrected chi connectivity index (χ4v) is 2.79. The van der Waals surface area contributed by atoms with Gasteiger partial charge in [0.15, 0.2) is 11.5 Å². The molecule has 0 amide bonds. The van der Waals surface area contributed by atoms with E-state index in [1.807, 2.05) is 6.07 Å². The van der Waals surface area contributed by atoms with E-state index in [4.69, 9.17) is 4.74 Å². The smallest absolute Gasteiger partial charge is 0.261 e. The zero-order valence-electron chi connectivity index (χ0n) is 12.0. The van der Waals surface area contributed by atoms with E-state index in [1.54, 1.807) is 31.3 Å². The summed E-state index contributed by atoms with van der Waals surface area (Å²) in [7, 11) is 3.15. The molecule has 22 heavy (non-hydrogen) atoms. The van der Waals surface area contributed by atoms with Crippen LogP contribution in [0.2, 0.25) is 0 Å². The van der Waals surface area contributed by atoms with Crippen LogP contribution in [-0.2, 0) is 7.05 Å². The second kappa shape index (κ2) is 5.46. The molecule has 2 aromatic carbocycles. The highest BCUT2D eigenvalue weighted by atomic mass is 79.9. The number of benzene rings is 2. The standard InChI is InChI=1S/C16H13BrN2O3/c1-19-15(9-6-7-12(20)13(8-9)22-2)18-14-10(16(19)21)4-3-5-11(14)17/h3-8,20H,1-2H3. The molecule has 112 valence electrons. The van der Waals surface area contributed by atoms with Gasteiger partial charge < -0.3 is 9.84 Å². The van der Waals surface area contributed by atoms with Crippen LogP contribution in [0.15, 0.2) is 45.7 Å². The van der Waals surface area contributed by atoms with Gasteiger partial charge >= 0.3 is 0 Å². The van der Waals surface area contributed by atoms with E-state index in [2.05, 4.69) is 20.9 Å². The number of halogens is 1. The summed E-state index contributed by atoms with van der Waals surface area (Å²) in [6, 6.07) is 10.3. The number of fused-ring (bicyclic) bond motifs is 1. The van der Waals surface area contributed by atoms with Crippen molar-refractivity contribution >= 4 is 26.8 Å². The molecule has 0 radical (unpaired) electrons. The number of ether oxygens (including phenoxy) is 1. The Hall–Kier alpha value is -2.34. The number of hydrogen-bond acceptors (Lipinski definition) is 4. The summed E-state index contributed by atoms with van der Waals surface area (Å²) in [6.45, 7) is 0. The van der Waals surface area contributed by atoms with Crippen molar-refractivity contribution < 1.29 is 9.84 Å². The normalized spacial score (nSPS) is 10.9. The minimum Gasteiger partial charge on any atom is -0.504 e. The zero-order valence-corrected chi connectivity index (χ0v) is 13.6. The van der Waals surface area contributed by atoms with Crippen LogP contribution in [-0.4, -0.2) is 21.8 Å². The first-order valence-corrected chi connectivity index (χ1v) is 7.35. The minimum absolute atomic E-state index is 0.0400. The molecule has 0 spiro atoms. The van der Waals surface area contributed by atoms with Crippen LogP contribution in [0, 0.1) is 0 Å². The molecule has 3 rings (SSSR count). The Labute approximate surface area is 134 Å². The summed E-state index contributed by atoms with van der Waals surface area (Å²) in [6.07, 6.45) is 0. The lowest BCUT2D eigenvalue weighted by molar-refractivity contribution is 0.373. The van der Waals surface area contributed by atoms with E-state index >= 15 is 0 Å².